The molecule has 5 N–H and O–H groups in total. The first-order valence-electron chi connectivity index (χ1n) is 11.9. The van der Waals surface area contributed by atoms with E-state index in [2.05, 4.69) is 10.3 Å². The molecule has 3 aromatic rings. The molecule has 2 aliphatic heterocycles. The van der Waals surface area contributed by atoms with Gasteiger partial charge in [-0.1, -0.05) is 36.4 Å². The standard InChI is InChI=1S/C28H24N4O6/c29-17-8-7-16-12-24(34)32(27(36)20(16)13-17)18-9-5-15(6-10-18)11-23(28(37)38)31-26(35)25-21(14-33)19-3-1-2-4-22(19)30-25/h1-10,13,21,23,33H,11-12,14,29H2,(H,31,35)(H,37,38). The molecule has 0 aromatic heterocycles. The first-order valence-corrected chi connectivity index (χ1v) is 11.9. The number of aliphatic carboxylic acids is 1. The number of aliphatic hydroxyl groups excluding tert-OH is 1. The zero-order valence-electron chi connectivity index (χ0n) is 20.1. The predicted molar refractivity (Wildman–Crippen MR) is 139 cm³/mol. The van der Waals surface area contributed by atoms with Crippen LogP contribution in [-0.2, 0) is 27.2 Å². The van der Waals surface area contributed by atoms with Crippen molar-refractivity contribution >= 4 is 46.5 Å². The van der Waals surface area contributed by atoms with E-state index in [1.54, 1.807) is 66.7 Å². The first-order chi connectivity index (χ1) is 18.3. The van der Waals surface area contributed by atoms with Crippen molar-refractivity contribution in [3.8, 4) is 0 Å². The molecule has 5 rings (SSSR count). The number of carbonyl (C=O) groups is 4. The number of nitrogen functional groups attached to an aromatic ring is 1. The quantitative estimate of drug-likeness (QED) is 0.278. The number of nitrogens with two attached hydrogens (primary N) is 1. The van der Waals surface area contributed by atoms with Crippen LogP contribution in [-0.4, -0.2) is 52.3 Å². The number of hydrogen-bond acceptors (Lipinski definition) is 7. The summed E-state index contributed by atoms with van der Waals surface area (Å²) in [5.74, 6) is -3.42. The Kier molecular flexibility index (Phi) is 6.48. The number of imide groups is 1. The van der Waals surface area contributed by atoms with Gasteiger partial charge >= 0.3 is 5.97 Å². The molecular weight excluding hydrogens is 488 g/mol. The van der Waals surface area contributed by atoms with Crippen LogP contribution >= 0.6 is 0 Å². The summed E-state index contributed by atoms with van der Waals surface area (Å²) in [6, 6.07) is 16.9. The molecule has 0 bridgehead atoms. The third-order valence-electron chi connectivity index (χ3n) is 6.69. The van der Waals surface area contributed by atoms with E-state index in [4.69, 9.17) is 5.73 Å². The van der Waals surface area contributed by atoms with Crippen molar-refractivity contribution in [3.05, 3.63) is 89.0 Å². The number of hydrogen-bond donors (Lipinski definition) is 4. The normalized spacial score (nSPS) is 16.9. The van der Waals surface area contributed by atoms with Crippen LogP contribution in [0.15, 0.2) is 71.7 Å². The van der Waals surface area contributed by atoms with Gasteiger partial charge in [0.15, 0.2) is 0 Å². The van der Waals surface area contributed by atoms with Gasteiger partial charge in [0.25, 0.3) is 11.8 Å². The van der Waals surface area contributed by atoms with Crippen LogP contribution in [0.2, 0.25) is 0 Å². The van der Waals surface area contributed by atoms with Crippen molar-refractivity contribution < 1.29 is 29.4 Å². The van der Waals surface area contributed by atoms with Crippen LogP contribution in [0.25, 0.3) is 0 Å². The molecule has 3 aromatic carbocycles. The smallest absolute Gasteiger partial charge is 0.326 e. The van der Waals surface area contributed by atoms with Gasteiger partial charge in [-0.3, -0.25) is 14.4 Å². The van der Waals surface area contributed by atoms with Gasteiger partial charge in [0.2, 0.25) is 5.91 Å². The molecule has 0 spiro atoms. The molecular formula is C28H24N4O6. The summed E-state index contributed by atoms with van der Waals surface area (Å²) in [7, 11) is 0. The van der Waals surface area contributed by atoms with Gasteiger partial charge in [-0.25, -0.2) is 14.7 Å². The highest BCUT2D eigenvalue weighted by atomic mass is 16.4. The van der Waals surface area contributed by atoms with E-state index < -0.39 is 29.7 Å². The largest absolute Gasteiger partial charge is 0.480 e. The number of amides is 3. The summed E-state index contributed by atoms with van der Waals surface area (Å²) in [6.45, 7) is -0.340. The molecule has 0 fully saturated rings. The van der Waals surface area contributed by atoms with E-state index in [-0.39, 0.29) is 31.1 Å². The van der Waals surface area contributed by atoms with Gasteiger partial charge in [0, 0.05) is 17.7 Å². The number of nitrogens with one attached hydrogen (secondary N) is 1. The fraction of sp³-hybridized carbons (Fsp3) is 0.179. The number of para-hydroxylation sites is 1. The van der Waals surface area contributed by atoms with E-state index in [1.807, 2.05) is 0 Å². The summed E-state index contributed by atoms with van der Waals surface area (Å²) >= 11 is 0. The van der Waals surface area contributed by atoms with E-state index in [1.165, 1.54) is 0 Å². The van der Waals surface area contributed by atoms with Gasteiger partial charge in [-0.05, 0) is 47.0 Å². The minimum absolute atomic E-state index is 0.0490. The van der Waals surface area contributed by atoms with Gasteiger partial charge in [-0.2, -0.15) is 0 Å². The Hall–Kier alpha value is -4.83. The molecule has 10 nitrogen and oxygen atoms in total. The number of carbonyl (C=O) groups excluding carboxylic acids is 3. The number of carboxylic acid groups (broad SMARTS) is 1. The maximum Gasteiger partial charge on any atom is 0.326 e. The zero-order valence-corrected chi connectivity index (χ0v) is 20.1. The van der Waals surface area contributed by atoms with Crippen molar-refractivity contribution in [2.24, 2.45) is 4.99 Å². The number of fused-ring (bicyclic) bond motifs is 2. The van der Waals surface area contributed by atoms with Crippen molar-refractivity contribution in [1.29, 1.82) is 0 Å². The average Bonchev–Trinajstić information content (AvgIpc) is 3.28. The van der Waals surface area contributed by atoms with Crippen LogP contribution in [0.3, 0.4) is 0 Å². The number of aliphatic hydroxyl groups is 1. The van der Waals surface area contributed by atoms with Gasteiger partial charge in [0.05, 0.1) is 30.3 Å². The van der Waals surface area contributed by atoms with Crippen LogP contribution in [0.1, 0.15) is 33.0 Å². The molecule has 10 heteroatoms. The molecule has 38 heavy (non-hydrogen) atoms. The Morgan fingerprint density at radius 1 is 1.08 bits per heavy atom. The fourth-order valence-corrected chi connectivity index (χ4v) is 4.77. The topological polar surface area (TPSA) is 162 Å². The highest BCUT2D eigenvalue weighted by molar-refractivity contribution is 6.43. The van der Waals surface area contributed by atoms with E-state index in [0.29, 0.717) is 39.3 Å². The Bertz CT molecular complexity index is 1500. The number of benzene rings is 3. The molecule has 2 aliphatic rings. The highest BCUT2D eigenvalue weighted by Gasteiger charge is 2.34. The summed E-state index contributed by atoms with van der Waals surface area (Å²) in [6.07, 6.45) is 0.00540. The molecule has 2 atom stereocenters. The summed E-state index contributed by atoms with van der Waals surface area (Å²) < 4.78 is 0. The second-order valence-corrected chi connectivity index (χ2v) is 9.15. The Balaban J connectivity index is 1.31. The number of nitrogens with zero attached hydrogens (tertiary/aromatic N) is 2. The van der Waals surface area contributed by atoms with Crippen molar-refractivity contribution in [2.45, 2.75) is 24.8 Å². The molecule has 0 saturated heterocycles. The maximum atomic E-state index is 13.0. The lowest BCUT2D eigenvalue weighted by Crippen LogP contribution is -2.46. The summed E-state index contributed by atoms with van der Waals surface area (Å²) in [4.78, 5) is 56.0. The molecule has 2 unspecified atom stereocenters. The van der Waals surface area contributed by atoms with E-state index in [0.717, 1.165) is 4.90 Å². The van der Waals surface area contributed by atoms with Crippen molar-refractivity contribution in [3.63, 3.8) is 0 Å². The second kappa shape index (κ2) is 9.91. The highest BCUT2D eigenvalue weighted by Crippen LogP contribution is 2.35. The molecule has 3 amide bonds. The van der Waals surface area contributed by atoms with Gasteiger partial charge in [-0.15, -0.1) is 0 Å². The predicted octanol–water partition coefficient (Wildman–Crippen LogP) is 1.97. The van der Waals surface area contributed by atoms with Crippen LogP contribution in [0.5, 0.6) is 0 Å². The lowest BCUT2D eigenvalue weighted by molar-refractivity contribution is -0.141. The first kappa shape index (κ1) is 24.8. The Morgan fingerprint density at radius 2 is 1.82 bits per heavy atom. The lowest BCUT2D eigenvalue weighted by Gasteiger charge is -2.27. The van der Waals surface area contributed by atoms with E-state index >= 15 is 0 Å². The van der Waals surface area contributed by atoms with Crippen LogP contribution < -0.4 is 16.0 Å². The number of aliphatic imine (C=N–C) groups is 1. The molecule has 192 valence electrons. The van der Waals surface area contributed by atoms with Crippen LogP contribution in [0.4, 0.5) is 17.1 Å². The van der Waals surface area contributed by atoms with Crippen LogP contribution in [0, 0.1) is 0 Å². The minimum Gasteiger partial charge on any atom is -0.480 e. The number of rotatable bonds is 7. The van der Waals surface area contributed by atoms with Gasteiger partial charge < -0.3 is 21.3 Å². The lowest BCUT2D eigenvalue weighted by atomic mass is 9.95. The molecule has 2 heterocycles. The van der Waals surface area contributed by atoms with E-state index in [9.17, 15) is 29.4 Å². The fourth-order valence-electron chi connectivity index (χ4n) is 4.77. The molecule has 0 aliphatic carbocycles. The third-order valence-corrected chi connectivity index (χ3v) is 6.69. The van der Waals surface area contributed by atoms with Crippen molar-refractivity contribution in [2.75, 3.05) is 17.2 Å². The zero-order chi connectivity index (χ0) is 27.0. The average molecular weight is 513 g/mol. The molecule has 0 radical (unpaired) electrons. The Labute approximate surface area is 217 Å². The minimum atomic E-state index is -1.27. The Morgan fingerprint density at radius 3 is 2.53 bits per heavy atom. The maximum absolute atomic E-state index is 13.0. The summed E-state index contributed by atoms with van der Waals surface area (Å²) in [5.41, 5.74) is 9.43. The van der Waals surface area contributed by atoms with Gasteiger partial charge in [0.1, 0.15) is 11.8 Å². The second-order valence-electron chi connectivity index (χ2n) is 9.15. The SMILES string of the molecule is Nc1ccc2c(c1)C(=O)N(c1ccc(CC(NC(=O)C3=Nc4ccccc4C3CO)C(=O)O)cc1)C(=O)C2. The summed E-state index contributed by atoms with van der Waals surface area (Å²) in [5, 5.41) is 22.1. The third kappa shape index (κ3) is 4.53. The number of anilines is 2. The molecule has 0 saturated carbocycles. The monoisotopic (exact) mass is 512 g/mol. The van der Waals surface area contributed by atoms with Crippen molar-refractivity contribution in [1.82, 2.24) is 5.32 Å². The number of carboxylic acids is 1.